The Labute approximate surface area is 268 Å². The largest absolute Gasteiger partial charge is 0.478 e. The van der Waals surface area contributed by atoms with Crippen LogP contribution >= 0.6 is 0 Å². The van der Waals surface area contributed by atoms with Gasteiger partial charge in [-0.05, 0) is 24.0 Å². The van der Waals surface area contributed by atoms with Crippen molar-refractivity contribution in [2.45, 2.75) is 39.4 Å². The number of aliphatic hydroxyl groups is 2. The molecule has 262 valence electrons. The third kappa shape index (κ3) is 27.8. The third-order valence-corrected chi connectivity index (χ3v) is 5.42. The average Bonchev–Trinajstić information content (AvgIpc) is 2.99. The second kappa shape index (κ2) is 29.2. The standard InChI is InChI=1S/C28H50O11.C4H6O2/c1-28(2,3)25-6-4-5-7-26(25)39-27(30)24-38-23-22-37-21-20-36-19-18-35-17-16-34-15-14-33-13-12-32-11-10-31-9-8-29;1-3(2)4(5)6/h4-7,27,29-30H,8-24H2,1-3H3;1H2,2H3,(H,5,6). The molecule has 1 aromatic carbocycles. The number of hydrogen-bond donors (Lipinski definition) is 3. The molecule has 3 N–H and O–H groups in total. The normalized spacial score (nSPS) is 12.0. The lowest BCUT2D eigenvalue weighted by molar-refractivity contribution is -0.132. The van der Waals surface area contributed by atoms with Gasteiger partial charge in [-0.1, -0.05) is 45.5 Å². The van der Waals surface area contributed by atoms with Gasteiger partial charge in [-0.25, -0.2) is 4.79 Å². The zero-order valence-corrected chi connectivity index (χ0v) is 27.5. The van der Waals surface area contributed by atoms with Crippen molar-refractivity contribution in [3.8, 4) is 5.75 Å². The molecule has 0 heterocycles. The van der Waals surface area contributed by atoms with Crippen molar-refractivity contribution in [2.24, 2.45) is 0 Å². The van der Waals surface area contributed by atoms with Crippen LogP contribution in [0.5, 0.6) is 5.75 Å². The molecule has 0 radical (unpaired) electrons. The molecular weight excluding hydrogens is 592 g/mol. The number of benzene rings is 1. The van der Waals surface area contributed by atoms with Crippen LogP contribution in [-0.2, 0) is 48.1 Å². The topological polar surface area (TPSA) is 161 Å². The predicted molar refractivity (Wildman–Crippen MR) is 168 cm³/mol. The van der Waals surface area contributed by atoms with E-state index in [1.54, 1.807) is 0 Å². The van der Waals surface area contributed by atoms with E-state index in [0.29, 0.717) is 105 Å². The Morgan fingerprint density at radius 1 is 0.689 bits per heavy atom. The van der Waals surface area contributed by atoms with Crippen LogP contribution in [0.1, 0.15) is 33.3 Å². The van der Waals surface area contributed by atoms with E-state index in [2.05, 4.69) is 27.4 Å². The van der Waals surface area contributed by atoms with Gasteiger partial charge in [-0.2, -0.15) is 0 Å². The third-order valence-electron chi connectivity index (χ3n) is 5.42. The van der Waals surface area contributed by atoms with E-state index in [9.17, 15) is 9.90 Å². The summed E-state index contributed by atoms with van der Waals surface area (Å²) in [6.07, 6.45) is -1.05. The molecule has 0 amide bonds. The van der Waals surface area contributed by atoms with E-state index in [1.807, 2.05) is 24.3 Å². The van der Waals surface area contributed by atoms with Gasteiger partial charge < -0.3 is 58.0 Å². The summed E-state index contributed by atoms with van der Waals surface area (Å²) in [5.41, 5.74) is 1.12. The summed E-state index contributed by atoms with van der Waals surface area (Å²) in [5.74, 6) is -0.275. The fourth-order valence-corrected chi connectivity index (χ4v) is 3.16. The van der Waals surface area contributed by atoms with Crippen molar-refractivity contribution < 1.29 is 62.7 Å². The number of carboxylic acids is 1. The van der Waals surface area contributed by atoms with Gasteiger partial charge >= 0.3 is 5.97 Å². The van der Waals surface area contributed by atoms with Crippen LogP contribution < -0.4 is 4.74 Å². The van der Waals surface area contributed by atoms with Crippen LogP contribution in [0.25, 0.3) is 0 Å². The fraction of sp³-hybridized carbons (Fsp3) is 0.719. The Hall–Kier alpha value is -2.17. The highest BCUT2D eigenvalue weighted by Gasteiger charge is 2.20. The van der Waals surface area contributed by atoms with Crippen molar-refractivity contribution in [3.63, 3.8) is 0 Å². The van der Waals surface area contributed by atoms with E-state index in [-0.39, 0.29) is 24.2 Å². The van der Waals surface area contributed by atoms with Gasteiger partial charge in [0.25, 0.3) is 0 Å². The number of carbonyl (C=O) groups is 1. The molecule has 0 fully saturated rings. The van der Waals surface area contributed by atoms with Crippen LogP contribution in [0.4, 0.5) is 0 Å². The molecule has 0 aliphatic carbocycles. The second-order valence-electron chi connectivity index (χ2n) is 10.5. The molecule has 1 aromatic rings. The van der Waals surface area contributed by atoms with Gasteiger partial charge in [0.15, 0.2) is 0 Å². The molecule has 0 aromatic heterocycles. The van der Waals surface area contributed by atoms with Crippen molar-refractivity contribution >= 4 is 5.97 Å². The lowest BCUT2D eigenvalue weighted by atomic mass is 9.86. The Morgan fingerprint density at radius 3 is 1.36 bits per heavy atom. The molecular formula is C32H56O13. The first kappa shape index (κ1) is 42.8. The van der Waals surface area contributed by atoms with Crippen LogP contribution in [0, 0.1) is 0 Å². The SMILES string of the molecule is C=C(C)C(=O)O.CC(C)(C)c1ccccc1OC(O)COCCOCCOCCOCCOCCOCCOCCOCCO. The van der Waals surface area contributed by atoms with E-state index in [0.717, 1.165) is 5.56 Å². The summed E-state index contributed by atoms with van der Waals surface area (Å²) in [6.45, 7) is 17.9. The molecule has 0 aliphatic rings. The minimum Gasteiger partial charge on any atom is -0.478 e. The lowest BCUT2D eigenvalue weighted by Crippen LogP contribution is -2.25. The quantitative estimate of drug-likeness (QED) is 0.0691. The highest BCUT2D eigenvalue weighted by atomic mass is 16.6. The van der Waals surface area contributed by atoms with Gasteiger partial charge in [-0.3, -0.25) is 0 Å². The van der Waals surface area contributed by atoms with Gasteiger partial charge in [0.1, 0.15) is 12.4 Å². The summed E-state index contributed by atoms with van der Waals surface area (Å²) < 4.78 is 48.7. The maximum atomic E-state index is 10.1. The van der Waals surface area contributed by atoms with Crippen molar-refractivity contribution in [2.75, 3.05) is 112 Å². The summed E-state index contributed by atoms with van der Waals surface area (Å²) >= 11 is 0. The van der Waals surface area contributed by atoms with Gasteiger partial charge in [-0.15, -0.1) is 0 Å². The Bertz CT molecular complexity index is 833. The van der Waals surface area contributed by atoms with Crippen LogP contribution in [0.15, 0.2) is 36.4 Å². The molecule has 1 rings (SSSR count). The summed E-state index contributed by atoms with van der Waals surface area (Å²) in [6, 6.07) is 7.69. The van der Waals surface area contributed by atoms with Crippen molar-refractivity contribution in [1.29, 1.82) is 0 Å². The van der Waals surface area contributed by atoms with Crippen molar-refractivity contribution in [3.05, 3.63) is 42.0 Å². The fourth-order valence-electron chi connectivity index (χ4n) is 3.16. The number of hydrogen-bond acceptors (Lipinski definition) is 12. The lowest BCUT2D eigenvalue weighted by Gasteiger charge is -2.24. The molecule has 13 nitrogen and oxygen atoms in total. The smallest absolute Gasteiger partial charge is 0.330 e. The number of para-hydroxylation sites is 1. The van der Waals surface area contributed by atoms with E-state index < -0.39 is 12.3 Å². The van der Waals surface area contributed by atoms with Gasteiger partial charge in [0, 0.05) is 5.57 Å². The Balaban J connectivity index is 0.00000292. The molecule has 1 atom stereocenters. The summed E-state index contributed by atoms with van der Waals surface area (Å²) in [5, 5.41) is 26.6. The van der Waals surface area contributed by atoms with E-state index >= 15 is 0 Å². The maximum absolute atomic E-state index is 10.1. The highest BCUT2D eigenvalue weighted by Crippen LogP contribution is 2.31. The highest BCUT2D eigenvalue weighted by molar-refractivity contribution is 5.84. The molecule has 0 aliphatic heterocycles. The number of aliphatic hydroxyl groups excluding tert-OH is 2. The Kier molecular flexibility index (Phi) is 27.8. The first-order valence-electron chi connectivity index (χ1n) is 15.1. The minimum atomic E-state index is -1.05. The average molecular weight is 649 g/mol. The van der Waals surface area contributed by atoms with Gasteiger partial charge in [0.2, 0.25) is 6.29 Å². The molecule has 1 unspecified atom stereocenters. The Morgan fingerprint density at radius 2 is 1.02 bits per heavy atom. The van der Waals surface area contributed by atoms with E-state index in [4.69, 9.17) is 52.8 Å². The minimum absolute atomic E-state index is 0.0230. The monoisotopic (exact) mass is 648 g/mol. The van der Waals surface area contributed by atoms with Crippen LogP contribution in [0.2, 0.25) is 0 Å². The molecule has 45 heavy (non-hydrogen) atoms. The maximum Gasteiger partial charge on any atom is 0.330 e. The molecule has 13 heteroatoms. The number of ether oxygens (including phenoxy) is 9. The molecule has 0 saturated carbocycles. The molecule has 0 bridgehead atoms. The van der Waals surface area contributed by atoms with Crippen molar-refractivity contribution in [1.82, 2.24) is 0 Å². The van der Waals surface area contributed by atoms with Crippen LogP contribution in [0.3, 0.4) is 0 Å². The van der Waals surface area contributed by atoms with Crippen LogP contribution in [-0.4, -0.2) is 140 Å². The number of aliphatic carboxylic acids is 1. The molecule has 0 saturated heterocycles. The zero-order chi connectivity index (χ0) is 33.6. The van der Waals surface area contributed by atoms with Gasteiger partial charge in [0.05, 0.1) is 106 Å². The summed E-state index contributed by atoms with van der Waals surface area (Å²) in [7, 11) is 0. The first-order valence-corrected chi connectivity index (χ1v) is 15.1. The predicted octanol–water partition coefficient (Wildman–Crippen LogP) is 2.45. The zero-order valence-electron chi connectivity index (χ0n) is 27.5. The first-order chi connectivity index (χ1) is 21.6. The van der Waals surface area contributed by atoms with E-state index in [1.165, 1.54) is 6.92 Å². The second-order valence-corrected chi connectivity index (χ2v) is 10.5. The summed E-state index contributed by atoms with van der Waals surface area (Å²) in [4.78, 5) is 9.60. The number of rotatable bonds is 28. The molecule has 0 spiro atoms. The number of carboxylic acid groups (broad SMARTS) is 1.